The van der Waals surface area contributed by atoms with Gasteiger partial charge in [-0.3, -0.25) is 4.79 Å². The number of hydrogen-bond acceptors (Lipinski definition) is 3. The van der Waals surface area contributed by atoms with Gasteiger partial charge in [0.05, 0.1) is 11.4 Å². The molecule has 0 aliphatic heterocycles. The highest BCUT2D eigenvalue weighted by Gasteiger charge is 2.06. The molecule has 0 atom stereocenters. The van der Waals surface area contributed by atoms with Crippen molar-refractivity contribution in [2.24, 2.45) is 0 Å². The Morgan fingerprint density at radius 1 is 1.08 bits per heavy atom. The van der Waals surface area contributed by atoms with Gasteiger partial charge in [0, 0.05) is 31.0 Å². The van der Waals surface area contributed by atoms with Gasteiger partial charge >= 0.3 is 0 Å². The number of H-pyrrole nitrogens is 1. The van der Waals surface area contributed by atoms with Gasteiger partial charge in [-0.15, -0.1) is 0 Å². The number of benzene rings is 1. The maximum Gasteiger partial charge on any atom is 0.224 e. The number of nitrogens with two attached hydrogens (primary N) is 1. The molecule has 0 fully saturated rings. The molecule has 26 heavy (non-hydrogen) atoms. The van der Waals surface area contributed by atoms with E-state index in [1.807, 2.05) is 36.7 Å². The molecule has 0 spiro atoms. The molecule has 2 rings (SSSR count). The first-order valence-corrected chi connectivity index (χ1v) is 9.74. The fourth-order valence-corrected chi connectivity index (χ4v) is 2.91. The van der Waals surface area contributed by atoms with E-state index in [9.17, 15) is 4.79 Å². The second kappa shape index (κ2) is 11.2. The molecule has 0 aliphatic carbocycles. The minimum Gasteiger partial charge on any atom is -0.397 e. The number of unbranched alkanes of at least 4 members (excludes halogenated alkanes) is 6. The molecule has 1 amide bonds. The van der Waals surface area contributed by atoms with E-state index in [4.69, 9.17) is 5.73 Å². The highest BCUT2D eigenvalue weighted by Crippen LogP contribution is 2.23. The molecule has 5 nitrogen and oxygen atoms in total. The normalized spacial score (nSPS) is 10.7. The van der Waals surface area contributed by atoms with Gasteiger partial charge in [0.1, 0.15) is 0 Å². The van der Waals surface area contributed by atoms with E-state index in [0.717, 1.165) is 25.1 Å². The zero-order chi connectivity index (χ0) is 18.6. The van der Waals surface area contributed by atoms with E-state index >= 15 is 0 Å². The molecular weight excluding hydrogens is 324 g/mol. The number of rotatable bonds is 12. The lowest BCUT2D eigenvalue weighted by atomic mass is 10.1. The molecule has 0 saturated heterocycles. The van der Waals surface area contributed by atoms with Crippen LogP contribution < -0.4 is 16.4 Å². The van der Waals surface area contributed by atoms with Gasteiger partial charge < -0.3 is 21.4 Å². The van der Waals surface area contributed by atoms with Gasteiger partial charge in [0.25, 0.3) is 0 Å². The Kier molecular flexibility index (Phi) is 8.60. The lowest BCUT2D eigenvalue weighted by molar-refractivity contribution is -0.116. The van der Waals surface area contributed by atoms with Crippen molar-refractivity contribution in [2.45, 2.75) is 64.8 Å². The van der Waals surface area contributed by atoms with Crippen LogP contribution in [-0.4, -0.2) is 10.9 Å². The maximum absolute atomic E-state index is 12.1. The van der Waals surface area contributed by atoms with E-state index < -0.39 is 0 Å². The van der Waals surface area contributed by atoms with Crippen molar-refractivity contribution >= 4 is 23.0 Å². The third kappa shape index (κ3) is 7.21. The molecular formula is C21H32N4O. The van der Waals surface area contributed by atoms with Crippen LogP contribution in [0.2, 0.25) is 0 Å². The minimum absolute atomic E-state index is 0.0401. The van der Waals surface area contributed by atoms with Crippen LogP contribution in [0.1, 0.15) is 63.9 Å². The smallest absolute Gasteiger partial charge is 0.224 e. The minimum atomic E-state index is 0.0401. The zero-order valence-corrected chi connectivity index (χ0v) is 15.8. The van der Waals surface area contributed by atoms with Crippen LogP contribution >= 0.6 is 0 Å². The average Bonchev–Trinajstić information content (AvgIpc) is 3.15. The number of aromatic amines is 1. The second-order valence-electron chi connectivity index (χ2n) is 6.79. The number of hydrogen-bond donors (Lipinski definition) is 4. The molecule has 1 heterocycles. The topological polar surface area (TPSA) is 82.9 Å². The predicted molar refractivity (Wildman–Crippen MR) is 110 cm³/mol. The Hall–Kier alpha value is -2.43. The van der Waals surface area contributed by atoms with Gasteiger partial charge in [-0.05, 0) is 36.2 Å². The molecule has 0 unspecified atom stereocenters. The summed E-state index contributed by atoms with van der Waals surface area (Å²) >= 11 is 0. The van der Waals surface area contributed by atoms with E-state index in [-0.39, 0.29) is 5.91 Å². The van der Waals surface area contributed by atoms with Crippen LogP contribution in [0.25, 0.3) is 0 Å². The summed E-state index contributed by atoms with van der Waals surface area (Å²) in [4.78, 5) is 15.1. The largest absolute Gasteiger partial charge is 0.397 e. The number of anilines is 3. The SMILES string of the molecule is CCCCCCCCCC(=O)Nc1ccc(NCc2cc[nH]c2)cc1N. The van der Waals surface area contributed by atoms with Crippen LogP contribution in [0.4, 0.5) is 17.1 Å². The fraction of sp³-hybridized carbons (Fsp3) is 0.476. The van der Waals surface area contributed by atoms with E-state index in [2.05, 4.69) is 22.5 Å². The molecule has 0 saturated carbocycles. The second-order valence-corrected chi connectivity index (χ2v) is 6.79. The summed E-state index contributed by atoms with van der Waals surface area (Å²) in [7, 11) is 0. The average molecular weight is 357 g/mol. The summed E-state index contributed by atoms with van der Waals surface area (Å²) in [5.74, 6) is 0.0401. The summed E-state index contributed by atoms with van der Waals surface area (Å²) in [6.07, 6.45) is 12.9. The molecule has 2 aromatic rings. The van der Waals surface area contributed by atoms with Gasteiger partial charge in [-0.2, -0.15) is 0 Å². The quantitative estimate of drug-likeness (QED) is 0.308. The third-order valence-corrected chi connectivity index (χ3v) is 4.49. The van der Waals surface area contributed by atoms with Crippen molar-refractivity contribution in [3.05, 3.63) is 42.2 Å². The predicted octanol–water partition coefficient (Wildman–Crippen LogP) is 5.29. The fourth-order valence-electron chi connectivity index (χ4n) is 2.91. The molecule has 142 valence electrons. The maximum atomic E-state index is 12.1. The van der Waals surface area contributed by atoms with E-state index in [1.54, 1.807) is 0 Å². The van der Waals surface area contributed by atoms with E-state index in [0.29, 0.717) is 17.8 Å². The van der Waals surface area contributed by atoms with Gasteiger partial charge in [0.2, 0.25) is 5.91 Å². The zero-order valence-electron chi connectivity index (χ0n) is 15.8. The molecule has 0 aliphatic rings. The van der Waals surface area contributed by atoms with E-state index in [1.165, 1.54) is 37.7 Å². The lowest BCUT2D eigenvalue weighted by Crippen LogP contribution is -2.12. The third-order valence-electron chi connectivity index (χ3n) is 4.49. The number of nitrogens with one attached hydrogen (secondary N) is 3. The Morgan fingerprint density at radius 3 is 2.54 bits per heavy atom. The van der Waals surface area contributed by atoms with Crippen LogP contribution in [0.15, 0.2) is 36.7 Å². The molecule has 1 aromatic carbocycles. The summed E-state index contributed by atoms with van der Waals surface area (Å²) in [6.45, 7) is 2.95. The van der Waals surface area contributed by atoms with Crippen molar-refractivity contribution in [1.29, 1.82) is 0 Å². The Balaban J connectivity index is 1.68. The van der Waals surface area contributed by atoms with Crippen molar-refractivity contribution < 1.29 is 4.79 Å². The highest BCUT2D eigenvalue weighted by atomic mass is 16.1. The first-order valence-electron chi connectivity index (χ1n) is 9.74. The summed E-state index contributed by atoms with van der Waals surface area (Å²) in [5, 5.41) is 6.24. The van der Waals surface area contributed by atoms with Crippen LogP contribution in [0.5, 0.6) is 0 Å². The first-order chi connectivity index (χ1) is 12.7. The lowest BCUT2D eigenvalue weighted by Gasteiger charge is -2.11. The number of carbonyl (C=O) groups excluding carboxylic acids is 1. The number of aromatic nitrogens is 1. The van der Waals surface area contributed by atoms with Crippen molar-refractivity contribution in [3.63, 3.8) is 0 Å². The van der Waals surface area contributed by atoms with Crippen molar-refractivity contribution in [1.82, 2.24) is 4.98 Å². The Labute approximate surface area is 156 Å². The summed E-state index contributed by atoms with van der Waals surface area (Å²) in [5.41, 5.74) is 9.46. The summed E-state index contributed by atoms with van der Waals surface area (Å²) in [6, 6.07) is 7.68. The molecule has 5 N–H and O–H groups in total. The molecule has 0 radical (unpaired) electrons. The molecule has 0 bridgehead atoms. The molecule has 1 aromatic heterocycles. The number of amides is 1. The van der Waals surface area contributed by atoms with Gasteiger partial charge in [-0.1, -0.05) is 45.4 Å². The Morgan fingerprint density at radius 2 is 1.85 bits per heavy atom. The number of carbonyl (C=O) groups is 1. The Bertz CT molecular complexity index is 652. The highest BCUT2D eigenvalue weighted by molar-refractivity contribution is 5.94. The van der Waals surface area contributed by atoms with Crippen LogP contribution in [0.3, 0.4) is 0 Å². The van der Waals surface area contributed by atoms with Crippen LogP contribution in [-0.2, 0) is 11.3 Å². The van der Waals surface area contributed by atoms with Gasteiger partial charge in [-0.25, -0.2) is 0 Å². The number of nitrogen functional groups attached to an aromatic ring is 1. The van der Waals surface area contributed by atoms with Crippen LogP contribution in [0, 0.1) is 0 Å². The van der Waals surface area contributed by atoms with Crippen molar-refractivity contribution in [2.75, 3.05) is 16.4 Å². The molecule has 5 heteroatoms. The van der Waals surface area contributed by atoms with Gasteiger partial charge in [0.15, 0.2) is 0 Å². The standard InChI is InChI=1S/C21H32N4O/c1-2-3-4-5-6-7-8-9-21(26)25-20-11-10-18(14-19(20)22)24-16-17-12-13-23-15-17/h10-15,23-24H,2-9,16,22H2,1H3,(H,25,26). The monoisotopic (exact) mass is 356 g/mol. The first kappa shape index (κ1) is 19.9. The summed E-state index contributed by atoms with van der Waals surface area (Å²) < 4.78 is 0. The van der Waals surface area contributed by atoms with Crippen molar-refractivity contribution in [3.8, 4) is 0 Å².